The van der Waals surface area contributed by atoms with Crippen LogP contribution >= 0.6 is 0 Å². The van der Waals surface area contributed by atoms with E-state index in [-0.39, 0.29) is 40.9 Å². The summed E-state index contributed by atoms with van der Waals surface area (Å²) in [5, 5.41) is 0. The summed E-state index contributed by atoms with van der Waals surface area (Å²) in [7, 11) is -4.66. The van der Waals surface area contributed by atoms with Crippen molar-refractivity contribution in [3.05, 3.63) is 36.4 Å². The third-order valence-electron chi connectivity index (χ3n) is 1.67. The molecule has 0 aliphatic heterocycles. The van der Waals surface area contributed by atoms with Crippen molar-refractivity contribution in [1.29, 1.82) is 0 Å². The third kappa shape index (κ3) is 4.61. The maximum atomic E-state index is 11.2. The molecule has 1 aromatic rings. The van der Waals surface area contributed by atoms with Crippen LogP contribution in [0.25, 0.3) is 0 Å². The predicted molar refractivity (Wildman–Crippen MR) is 54.9 cm³/mol. The number of hydrogen-bond acceptors (Lipinski definition) is 5. The standard InChI is InChI=1S/C10H10O5S.Na/c1-7(2)10(11)15-8-5-3-4-6-9(8)16(12,13)14;/h3-6H,1H2,2H3,(H,12,13,14);/q;+1/p-1. The molecule has 0 aliphatic carbocycles. The Bertz CT molecular complexity index is 535. The second kappa shape index (κ2) is 6.32. The van der Waals surface area contributed by atoms with Gasteiger partial charge in [0.05, 0.1) is 4.90 Å². The van der Waals surface area contributed by atoms with E-state index in [0.717, 1.165) is 6.07 Å². The maximum Gasteiger partial charge on any atom is 1.00 e. The van der Waals surface area contributed by atoms with E-state index in [0.29, 0.717) is 0 Å². The average molecular weight is 264 g/mol. The van der Waals surface area contributed by atoms with Gasteiger partial charge in [-0.1, -0.05) is 18.7 Å². The van der Waals surface area contributed by atoms with Gasteiger partial charge >= 0.3 is 35.5 Å². The Morgan fingerprint density at radius 3 is 2.35 bits per heavy atom. The summed E-state index contributed by atoms with van der Waals surface area (Å²) in [5.41, 5.74) is 0.109. The van der Waals surface area contributed by atoms with Crippen molar-refractivity contribution in [1.82, 2.24) is 0 Å². The van der Waals surface area contributed by atoms with Gasteiger partial charge in [-0.05, 0) is 19.1 Å². The zero-order valence-corrected chi connectivity index (χ0v) is 12.3. The van der Waals surface area contributed by atoms with Crippen molar-refractivity contribution in [2.45, 2.75) is 11.8 Å². The van der Waals surface area contributed by atoms with Gasteiger partial charge in [-0.2, -0.15) is 0 Å². The van der Waals surface area contributed by atoms with Crippen molar-refractivity contribution < 1.29 is 52.1 Å². The Kier molecular flexibility index (Phi) is 6.08. The van der Waals surface area contributed by atoms with Gasteiger partial charge < -0.3 is 9.29 Å². The van der Waals surface area contributed by atoms with Crippen molar-refractivity contribution >= 4 is 16.1 Å². The average Bonchev–Trinajstić information content (AvgIpc) is 2.16. The molecule has 17 heavy (non-hydrogen) atoms. The number of carbonyl (C=O) groups is 1. The summed E-state index contributed by atoms with van der Waals surface area (Å²) in [6.07, 6.45) is 0. The molecule has 0 aromatic heterocycles. The number of rotatable bonds is 3. The Labute approximate surface area is 122 Å². The number of ether oxygens (including phenoxy) is 1. The molecule has 0 bridgehead atoms. The van der Waals surface area contributed by atoms with Gasteiger partial charge in [0.15, 0.2) is 0 Å². The van der Waals surface area contributed by atoms with Crippen LogP contribution in [0.2, 0.25) is 0 Å². The number of carbonyl (C=O) groups excluding carboxylic acids is 1. The third-order valence-corrected chi connectivity index (χ3v) is 2.55. The molecule has 0 fully saturated rings. The monoisotopic (exact) mass is 264 g/mol. The van der Waals surface area contributed by atoms with Crippen LogP contribution in [-0.2, 0) is 14.9 Å². The van der Waals surface area contributed by atoms with Crippen molar-refractivity contribution in [2.24, 2.45) is 0 Å². The molecule has 7 heteroatoms. The summed E-state index contributed by atoms with van der Waals surface area (Å²) in [6, 6.07) is 5.12. The van der Waals surface area contributed by atoms with Gasteiger partial charge in [0.25, 0.3) is 0 Å². The normalized spacial score (nSPS) is 10.2. The topological polar surface area (TPSA) is 83.5 Å². The number of hydrogen-bond donors (Lipinski definition) is 0. The Balaban J connectivity index is 0.00000256. The molecule has 0 saturated carbocycles. The summed E-state index contributed by atoms with van der Waals surface area (Å²) in [6.45, 7) is 4.75. The van der Waals surface area contributed by atoms with Crippen LogP contribution in [0.1, 0.15) is 6.92 Å². The first kappa shape index (κ1) is 16.3. The molecule has 0 aliphatic rings. The molecule has 0 radical (unpaired) electrons. The molecule has 0 heterocycles. The van der Waals surface area contributed by atoms with Crippen LogP contribution in [0, 0.1) is 0 Å². The minimum absolute atomic E-state index is 0. The van der Waals surface area contributed by atoms with E-state index in [9.17, 15) is 17.8 Å². The Morgan fingerprint density at radius 2 is 1.88 bits per heavy atom. The van der Waals surface area contributed by atoms with E-state index in [1.165, 1.54) is 25.1 Å². The molecule has 0 saturated heterocycles. The Morgan fingerprint density at radius 1 is 1.35 bits per heavy atom. The molecule has 0 spiro atoms. The van der Waals surface area contributed by atoms with E-state index in [2.05, 4.69) is 6.58 Å². The zero-order valence-electron chi connectivity index (χ0n) is 9.47. The molecule has 1 aromatic carbocycles. The summed E-state index contributed by atoms with van der Waals surface area (Å²) in [5.74, 6) is -1.07. The van der Waals surface area contributed by atoms with Crippen molar-refractivity contribution in [3.63, 3.8) is 0 Å². The molecule has 0 amide bonds. The molecule has 1 rings (SSSR count). The second-order valence-corrected chi connectivity index (χ2v) is 4.42. The Hall–Kier alpha value is -0.660. The summed E-state index contributed by atoms with van der Waals surface area (Å²) >= 11 is 0. The van der Waals surface area contributed by atoms with Gasteiger partial charge in [-0.3, -0.25) is 0 Å². The van der Waals surface area contributed by atoms with E-state index < -0.39 is 21.0 Å². The van der Waals surface area contributed by atoms with Crippen molar-refractivity contribution in [2.75, 3.05) is 0 Å². The molecular weight excluding hydrogens is 255 g/mol. The van der Waals surface area contributed by atoms with Gasteiger partial charge in [0.1, 0.15) is 15.9 Å². The van der Waals surface area contributed by atoms with Crippen LogP contribution in [0.5, 0.6) is 5.75 Å². The summed E-state index contributed by atoms with van der Waals surface area (Å²) < 4.78 is 37.2. The van der Waals surface area contributed by atoms with Crippen LogP contribution in [-0.4, -0.2) is 18.9 Å². The minimum atomic E-state index is -4.66. The predicted octanol–water partition coefficient (Wildman–Crippen LogP) is -1.92. The van der Waals surface area contributed by atoms with Crippen LogP contribution in [0.3, 0.4) is 0 Å². The van der Waals surface area contributed by atoms with Gasteiger partial charge in [0.2, 0.25) is 0 Å². The first-order chi connectivity index (χ1) is 7.32. The van der Waals surface area contributed by atoms with Crippen LogP contribution < -0.4 is 34.3 Å². The molecule has 0 atom stereocenters. The number of benzene rings is 1. The molecule has 0 unspecified atom stereocenters. The first-order valence-electron chi connectivity index (χ1n) is 4.25. The molecular formula is C10H9NaO5S. The van der Waals surface area contributed by atoms with Gasteiger partial charge in [-0.15, -0.1) is 0 Å². The van der Waals surface area contributed by atoms with Crippen LogP contribution in [0.15, 0.2) is 41.3 Å². The van der Waals surface area contributed by atoms with E-state index in [1.54, 1.807) is 0 Å². The fourth-order valence-electron chi connectivity index (χ4n) is 0.928. The largest absolute Gasteiger partial charge is 1.00 e. The van der Waals surface area contributed by atoms with Gasteiger partial charge in [0, 0.05) is 5.57 Å². The zero-order chi connectivity index (χ0) is 12.3. The quantitative estimate of drug-likeness (QED) is 0.209. The van der Waals surface area contributed by atoms with E-state index in [4.69, 9.17) is 4.74 Å². The molecule has 86 valence electrons. The minimum Gasteiger partial charge on any atom is -0.744 e. The van der Waals surface area contributed by atoms with E-state index >= 15 is 0 Å². The number of esters is 1. The molecule has 5 nitrogen and oxygen atoms in total. The maximum absolute atomic E-state index is 11.2. The second-order valence-electron chi connectivity index (χ2n) is 3.07. The number of para-hydroxylation sites is 1. The summed E-state index contributed by atoms with van der Waals surface area (Å²) in [4.78, 5) is 10.6. The van der Waals surface area contributed by atoms with E-state index in [1.807, 2.05) is 0 Å². The fourth-order valence-corrected chi connectivity index (χ4v) is 1.53. The van der Waals surface area contributed by atoms with Gasteiger partial charge in [-0.25, -0.2) is 13.2 Å². The fraction of sp³-hybridized carbons (Fsp3) is 0.100. The first-order valence-corrected chi connectivity index (χ1v) is 5.66. The smallest absolute Gasteiger partial charge is 0.744 e. The van der Waals surface area contributed by atoms with Crippen molar-refractivity contribution in [3.8, 4) is 5.75 Å². The molecule has 0 N–H and O–H groups in total. The SMILES string of the molecule is C=C(C)C(=O)Oc1ccccc1S(=O)(=O)[O-].[Na+]. The van der Waals surface area contributed by atoms with Crippen LogP contribution in [0.4, 0.5) is 0 Å².